The van der Waals surface area contributed by atoms with Gasteiger partial charge in [0.2, 0.25) is 0 Å². The summed E-state index contributed by atoms with van der Waals surface area (Å²) in [6, 6.07) is 2.00. The van der Waals surface area contributed by atoms with Crippen LogP contribution in [0.4, 0.5) is 8.78 Å². The number of rotatable bonds is 2. The van der Waals surface area contributed by atoms with Crippen LogP contribution in [0.15, 0.2) is 22.3 Å². The topological polar surface area (TPSA) is 53.6 Å². The van der Waals surface area contributed by atoms with Crippen molar-refractivity contribution in [2.45, 2.75) is 6.54 Å². The van der Waals surface area contributed by atoms with Gasteiger partial charge in [0.1, 0.15) is 11.3 Å². The fraction of sp³-hybridized carbons (Fsp3) is 0.0909. The molecule has 3 rings (SSSR count). The molecule has 2 aromatic heterocycles. The van der Waals surface area contributed by atoms with Gasteiger partial charge in [-0.15, -0.1) is 0 Å². The van der Waals surface area contributed by atoms with E-state index in [1.54, 1.807) is 5.38 Å². The summed E-state index contributed by atoms with van der Waals surface area (Å²) in [5, 5.41) is 1.65. The van der Waals surface area contributed by atoms with Crippen LogP contribution in [0.25, 0.3) is 11.0 Å². The van der Waals surface area contributed by atoms with Crippen molar-refractivity contribution in [1.29, 1.82) is 0 Å². The highest BCUT2D eigenvalue weighted by molar-refractivity contribution is 7.71. The molecule has 0 saturated carbocycles. The second-order valence-corrected chi connectivity index (χ2v) is 5.20. The minimum atomic E-state index is -0.696. The summed E-state index contributed by atoms with van der Waals surface area (Å²) in [4.78, 5) is 16.2. The predicted octanol–water partition coefficient (Wildman–Crippen LogP) is 2.78. The number of hydrogen-bond acceptors (Lipinski definition) is 3. The van der Waals surface area contributed by atoms with Gasteiger partial charge in [-0.2, -0.15) is 0 Å². The van der Waals surface area contributed by atoms with E-state index < -0.39 is 11.6 Å². The Bertz CT molecular complexity index is 874. The van der Waals surface area contributed by atoms with Gasteiger partial charge >= 0.3 is 4.87 Å². The molecular formula is C11H7F2N3OS2. The second-order valence-electron chi connectivity index (χ2n) is 3.97. The lowest BCUT2D eigenvalue weighted by Crippen LogP contribution is -2.03. The zero-order valence-electron chi connectivity index (χ0n) is 9.37. The highest BCUT2D eigenvalue weighted by Crippen LogP contribution is 2.20. The third-order valence-electron chi connectivity index (χ3n) is 2.70. The van der Waals surface area contributed by atoms with E-state index in [-0.39, 0.29) is 21.7 Å². The molecule has 0 radical (unpaired) electrons. The van der Waals surface area contributed by atoms with Gasteiger partial charge in [-0.05, 0) is 18.3 Å². The molecule has 0 atom stereocenters. The molecule has 19 heavy (non-hydrogen) atoms. The molecule has 0 aliphatic rings. The number of imidazole rings is 1. The first-order valence-corrected chi connectivity index (χ1v) is 6.57. The average Bonchev–Trinajstić information content (AvgIpc) is 2.87. The summed E-state index contributed by atoms with van der Waals surface area (Å²) in [7, 11) is 0. The van der Waals surface area contributed by atoms with Crippen LogP contribution in [0, 0.1) is 16.4 Å². The number of hydrogen-bond donors (Lipinski definition) is 2. The van der Waals surface area contributed by atoms with Crippen molar-refractivity contribution in [3.63, 3.8) is 0 Å². The van der Waals surface area contributed by atoms with E-state index in [4.69, 9.17) is 12.2 Å². The van der Waals surface area contributed by atoms with Crippen LogP contribution in [0.5, 0.6) is 0 Å². The van der Waals surface area contributed by atoms with Crippen LogP contribution < -0.4 is 4.87 Å². The lowest BCUT2D eigenvalue weighted by atomic mass is 10.3. The first-order chi connectivity index (χ1) is 9.04. The van der Waals surface area contributed by atoms with Crippen molar-refractivity contribution >= 4 is 34.6 Å². The average molecular weight is 299 g/mol. The summed E-state index contributed by atoms with van der Waals surface area (Å²) in [6.45, 7) is 0.250. The number of H-pyrrole nitrogens is 2. The number of nitrogens with zero attached hydrogens (tertiary/aromatic N) is 1. The van der Waals surface area contributed by atoms with Crippen molar-refractivity contribution in [1.82, 2.24) is 14.5 Å². The number of aromatic nitrogens is 3. The van der Waals surface area contributed by atoms with Crippen molar-refractivity contribution in [2.24, 2.45) is 0 Å². The zero-order valence-corrected chi connectivity index (χ0v) is 11.0. The van der Waals surface area contributed by atoms with E-state index in [0.717, 1.165) is 17.4 Å². The normalized spacial score (nSPS) is 11.3. The molecule has 0 aliphatic heterocycles. The number of aromatic amines is 2. The molecule has 0 amide bonds. The Balaban J connectivity index is 2.20. The molecule has 98 valence electrons. The van der Waals surface area contributed by atoms with Gasteiger partial charge < -0.3 is 14.5 Å². The SMILES string of the molecule is O=c1[nH]c(Cn2c(=S)[nH]c3c(F)cc(F)cc32)cs1. The summed E-state index contributed by atoms with van der Waals surface area (Å²) in [6.07, 6.45) is 0. The van der Waals surface area contributed by atoms with E-state index in [1.165, 1.54) is 10.6 Å². The highest BCUT2D eigenvalue weighted by Gasteiger charge is 2.11. The summed E-state index contributed by atoms with van der Waals surface area (Å²) in [5.41, 5.74) is 1.12. The van der Waals surface area contributed by atoms with Crippen LogP contribution in [0.3, 0.4) is 0 Å². The van der Waals surface area contributed by atoms with Crippen molar-refractivity contribution in [3.05, 3.63) is 49.3 Å². The summed E-state index contributed by atoms with van der Waals surface area (Å²) in [5.74, 6) is -1.37. The quantitative estimate of drug-likeness (QED) is 0.715. The molecule has 3 aromatic rings. The van der Waals surface area contributed by atoms with Gasteiger partial charge in [0.05, 0.1) is 12.1 Å². The number of benzene rings is 1. The Morgan fingerprint density at radius 2 is 2.11 bits per heavy atom. The Morgan fingerprint density at radius 3 is 2.79 bits per heavy atom. The molecular weight excluding hydrogens is 292 g/mol. The summed E-state index contributed by atoms with van der Waals surface area (Å²) < 4.78 is 28.7. The minimum Gasteiger partial charge on any atom is -0.328 e. The molecule has 2 N–H and O–H groups in total. The first kappa shape index (κ1) is 12.2. The zero-order chi connectivity index (χ0) is 13.6. The van der Waals surface area contributed by atoms with E-state index in [2.05, 4.69) is 9.97 Å². The van der Waals surface area contributed by atoms with E-state index >= 15 is 0 Å². The van der Waals surface area contributed by atoms with E-state index in [9.17, 15) is 13.6 Å². The Hall–Kier alpha value is -1.80. The van der Waals surface area contributed by atoms with E-state index in [1.807, 2.05) is 0 Å². The molecule has 1 aromatic carbocycles. The Morgan fingerprint density at radius 1 is 1.32 bits per heavy atom. The molecule has 2 heterocycles. The molecule has 0 aliphatic carbocycles. The lowest BCUT2D eigenvalue weighted by molar-refractivity contribution is 0.590. The third kappa shape index (κ3) is 2.13. The van der Waals surface area contributed by atoms with Crippen LogP contribution in [0.2, 0.25) is 0 Å². The van der Waals surface area contributed by atoms with Crippen molar-refractivity contribution < 1.29 is 8.78 Å². The molecule has 0 fully saturated rings. The first-order valence-electron chi connectivity index (χ1n) is 5.29. The number of halogens is 2. The molecule has 8 heteroatoms. The molecule has 4 nitrogen and oxygen atoms in total. The van der Waals surface area contributed by atoms with E-state index in [0.29, 0.717) is 11.2 Å². The lowest BCUT2D eigenvalue weighted by Gasteiger charge is -2.02. The summed E-state index contributed by atoms with van der Waals surface area (Å²) >= 11 is 6.12. The van der Waals surface area contributed by atoms with Crippen LogP contribution >= 0.6 is 23.6 Å². The predicted molar refractivity (Wildman–Crippen MR) is 71.1 cm³/mol. The third-order valence-corrected chi connectivity index (χ3v) is 3.74. The fourth-order valence-electron chi connectivity index (χ4n) is 1.90. The maximum absolute atomic E-state index is 13.6. The van der Waals surface area contributed by atoms with Crippen LogP contribution in [-0.4, -0.2) is 14.5 Å². The molecule has 0 saturated heterocycles. The maximum atomic E-state index is 13.6. The Labute approximate surface area is 114 Å². The van der Waals surface area contributed by atoms with Gasteiger partial charge in [-0.1, -0.05) is 11.3 Å². The standard InChI is InChI=1S/C11H7F2N3OS2/c12-5-1-7(13)9-8(2-5)16(10(18)15-9)3-6-4-19-11(17)14-6/h1-2,4H,3H2,(H,14,17)(H,15,18). The number of fused-ring (bicyclic) bond motifs is 1. The largest absolute Gasteiger partial charge is 0.328 e. The van der Waals surface area contributed by atoms with Gasteiger partial charge in [-0.25, -0.2) is 8.78 Å². The van der Waals surface area contributed by atoms with Crippen molar-refractivity contribution in [3.8, 4) is 0 Å². The van der Waals surface area contributed by atoms with Gasteiger partial charge in [-0.3, -0.25) is 4.79 Å². The fourth-order valence-corrected chi connectivity index (χ4v) is 2.74. The molecule has 0 spiro atoms. The van der Waals surface area contributed by atoms with Crippen molar-refractivity contribution in [2.75, 3.05) is 0 Å². The second kappa shape index (κ2) is 4.39. The van der Waals surface area contributed by atoms with Crippen LogP contribution in [-0.2, 0) is 6.54 Å². The van der Waals surface area contributed by atoms with Crippen LogP contribution in [0.1, 0.15) is 5.69 Å². The highest BCUT2D eigenvalue weighted by atomic mass is 32.1. The monoisotopic (exact) mass is 299 g/mol. The smallest absolute Gasteiger partial charge is 0.304 e. The van der Waals surface area contributed by atoms with Gasteiger partial charge in [0.15, 0.2) is 10.6 Å². The van der Waals surface area contributed by atoms with Gasteiger partial charge in [0.25, 0.3) is 0 Å². The van der Waals surface area contributed by atoms with Gasteiger partial charge in [0, 0.05) is 17.1 Å². The number of nitrogens with one attached hydrogen (secondary N) is 2. The minimum absolute atomic E-state index is 0.156. The number of thiazole rings is 1. The Kier molecular flexibility index (Phi) is 2.83. The maximum Gasteiger partial charge on any atom is 0.304 e. The molecule has 0 bridgehead atoms. The molecule has 0 unspecified atom stereocenters.